The third-order valence-corrected chi connectivity index (χ3v) is 5.47. The Kier molecular flexibility index (Phi) is 8.58. The number of anilines is 1. The zero-order valence-corrected chi connectivity index (χ0v) is 20.0. The van der Waals surface area contributed by atoms with E-state index in [-0.39, 0.29) is 29.3 Å². The van der Waals surface area contributed by atoms with Crippen molar-refractivity contribution >= 4 is 11.4 Å². The predicted octanol–water partition coefficient (Wildman–Crippen LogP) is 6.69. The van der Waals surface area contributed by atoms with Crippen molar-refractivity contribution in [3.8, 4) is 11.5 Å². The van der Waals surface area contributed by atoms with Gasteiger partial charge < -0.3 is 19.5 Å². The number of ether oxygens (including phenoxy) is 2. The minimum absolute atomic E-state index is 0.0515. The number of nitro benzene ring substituents is 1. The Labute approximate surface area is 217 Å². The topological polar surface area (TPSA) is 85.1 Å². The smallest absolute Gasteiger partial charge is 0.461 e. The number of rotatable bonds is 11. The summed E-state index contributed by atoms with van der Waals surface area (Å²) >= 11 is 0. The van der Waals surface area contributed by atoms with E-state index in [4.69, 9.17) is 4.74 Å². The van der Waals surface area contributed by atoms with Crippen molar-refractivity contribution in [2.75, 3.05) is 4.90 Å². The molecule has 0 saturated heterocycles. The van der Waals surface area contributed by atoms with Crippen LogP contribution in [0.3, 0.4) is 0 Å². The largest absolute Gasteiger partial charge is 0.489 e. The average Bonchev–Trinajstić information content (AvgIpc) is 2.85. The van der Waals surface area contributed by atoms with Crippen molar-refractivity contribution in [3.05, 3.63) is 94.0 Å². The molecular formula is C25H21F7N2O5. The van der Waals surface area contributed by atoms with Gasteiger partial charge >= 0.3 is 18.7 Å². The van der Waals surface area contributed by atoms with E-state index in [0.29, 0.717) is 17.4 Å². The first kappa shape index (κ1) is 29.5. The molecule has 3 aromatic carbocycles. The number of nitrogens with zero attached hydrogens (tertiary/aromatic N) is 2. The first-order valence-electron chi connectivity index (χ1n) is 11.1. The normalized spacial score (nSPS) is 13.6. The summed E-state index contributed by atoms with van der Waals surface area (Å²) in [5.41, 5.74) is -3.53. The number of hydrogen-bond donors (Lipinski definition) is 1. The summed E-state index contributed by atoms with van der Waals surface area (Å²) in [7, 11) is 0. The van der Waals surface area contributed by atoms with Crippen molar-refractivity contribution in [1.29, 1.82) is 0 Å². The van der Waals surface area contributed by atoms with E-state index in [9.17, 15) is 46.0 Å². The Morgan fingerprint density at radius 1 is 0.923 bits per heavy atom. The van der Waals surface area contributed by atoms with Gasteiger partial charge in [-0.25, -0.2) is 0 Å². The van der Waals surface area contributed by atoms with Gasteiger partial charge in [-0.3, -0.25) is 10.1 Å². The Balaban J connectivity index is 1.90. The second-order valence-corrected chi connectivity index (χ2v) is 8.43. The maximum absolute atomic E-state index is 13.9. The molecule has 14 heteroatoms. The molecule has 0 spiro atoms. The monoisotopic (exact) mass is 562 g/mol. The molecule has 1 unspecified atom stereocenters. The van der Waals surface area contributed by atoms with Crippen LogP contribution >= 0.6 is 0 Å². The summed E-state index contributed by atoms with van der Waals surface area (Å²) in [6.07, 6.45) is -14.2. The highest BCUT2D eigenvalue weighted by Gasteiger charge is 2.54. The average molecular weight is 562 g/mol. The first-order valence-corrected chi connectivity index (χ1v) is 11.1. The van der Waals surface area contributed by atoms with Gasteiger partial charge in [-0.05, 0) is 42.3 Å². The lowest BCUT2D eigenvalue weighted by Gasteiger charge is -2.40. The van der Waals surface area contributed by atoms with Crippen molar-refractivity contribution in [2.45, 2.75) is 44.5 Å². The summed E-state index contributed by atoms with van der Waals surface area (Å²) in [5, 5.41) is 21.4. The number of hydrogen-bond acceptors (Lipinski definition) is 6. The molecule has 7 nitrogen and oxygen atoms in total. The fourth-order valence-electron chi connectivity index (χ4n) is 3.41. The van der Waals surface area contributed by atoms with E-state index in [2.05, 4.69) is 4.74 Å². The molecule has 0 bridgehead atoms. The van der Waals surface area contributed by atoms with Gasteiger partial charge in [-0.15, -0.1) is 0 Å². The van der Waals surface area contributed by atoms with Crippen molar-refractivity contribution in [3.63, 3.8) is 0 Å². The molecule has 1 atom stereocenters. The van der Waals surface area contributed by atoms with Crippen LogP contribution in [0.15, 0.2) is 72.8 Å². The van der Waals surface area contributed by atoms with Crippen LogP contribution in [0, 0.1) is 10.1 Å². The zero-order valence-electron chi connectivity index (χ0n) is 20.0. The fraction of sp³-hybridized carbons (Fsp3) is 0.280. The number of non-ortho nitro benzene ring substituents is 1. The standard InChI is InChI=1S/C25H21F7N2O5/c1-23(35,25(30,31)32)33(14-16-5-3-10-21(12-16)39-24(28,29)22(26)27)18-7-4-9-20(13-18)38-15-17-6-2-8-19(11-17)34(36)37/h2-13,22,35H,14-15H2,1H3. The van der Waals surface area contributed by atoms with Gasteiger partial charge in [0, 0.05) is 30.4 Å². The van der Waals surface area contributed by atoms with Crippen LogP contribution in [-0.2, 0) is 13.2 Å². The molecule has 0 heterocycles. The van der Waals surface area contributed by atoms with Crippen LogP contribution in [0.4, 0.5) is 42.1 Å². The van der Waals surface area contributed by atoms with E-state index in [1.54, 1.807) is 6.07 Å². The van der Waals surface area contributed by atoms with Crippen LogP contribution in [-0.4, -0.2) is 34.5 Å². The predicted molar refractivity (Wildman–Crippen MR) is 125 cm³/mol. The molecule has 0 fully saturated rings. The minimum atomic E-state index is -5.19. The summed E-state index contributed by atoms with van der Waals surface area (Å²) in [6.45, 7) is -0.397. The lowest BCUT2D eigenvalue weighted by molar-refractivity contribution is -0.384. The molecular weight excluding hydrogens is 541 g/mol. The Morgan fingerprint density at radius 3 is 2.18 bits per heavy atom. The molecule has 0 saturated carbocycles. The SMILES string of the molecule is CC(O)(N(Cc1cccc(OC(F)(F)C(F)F)c1)c1cccc(OCc2cccc([N+](=O)[O-])c2)c1)C(F)(F)F. The lowest BCUT2D eigenvalue weighted by Crippen LogP contribution is -2.56. The number of nitro groups is 1. The van der Waals surface area contributed by atoms with Crippen molar-refractivity contribution < 1.29 is 50.2 Å². The zero-order chi connectivity index (χ0) is 29.0. The second-order valence-electron chi connectivity index (χ2n) is 8.43. The van der Waals surface area contributed by atoms with Gasteiger partial charge in [-0.1, -0.05) is 30.3 Å². The Bertz CT molecular complexity index is 1300. The Hall–Kier alpha value is -4.07. The first-order chi connectivity index (χ1) is 18.1. The minimum Gasteiger partial charge on any atom is -0.489 e. The summed E-state index contributed by atoms with van der Waals surface area (Å²) in [5.74, 6) is -0.672. The Morgan fingerprint density at radius 2 is 1.54 bits per heavy atom. The van der Waals surface area contributed by atoms with Gasteiger partial charge in [0.15, 0.2) is 0 Å². The highest BCUT2D eigenvalue weighted by molar-refractivity contribution is 5.53. The number of halogens is 7. The maximum Gasteiger partial charge on any atom is 0.461 e. The molecule has 210 valence electrons. The molecule has 3 aromatic rings. The van der Waals surface area contributed by atoms with Gasteiger partial charge in [0.05, 0.1) is 4.92 Å². The van der Waals surface area contributed by atoms with Crippen LogP contribution in [0.5, 0.6) is 11.5 Å². The molecule has 0 aliphatic heterocycles. The van der Waals surface area contributed by atoms with Crippen molar-refractivity contribution in [1.82, 2.24) is 0 Å². The van der Waals surface area contributed by atoms with Gasteiger partial charge in [0.25, 0.3) is 5.69 Å². The van der Waals surface area contributed by atoms with E-state index in [1.165, 1.54) is 48.5 Å². The summed E-state index contributed by atoms with van der Waals surface area (Å²) in [6, 6.07) is 14.8. The molecule has 0 aliphatic carbocycles. The lowest BCUT2D eigenvalue weighted by atomic mass is 10.1. The van der Waals surface area contributed by atoms with E-state index in [0.717, 1.165) is 18.2 Å². The van der Waals surface area contributed by atoms with Gasteiger partial charge in [-0.2, -0.15) is 30.7 Å². The molecule has 39 heavy (non-hydrogen) atoms. The molecule has 0 aromatic heterocycles. The van der Waals surface area contributed by atoms with Gasteiger partial charge in [0.2, 0.25) is 5.72 Å². The molecule has 3 rings (SSSR count). The third-order valence-electron chi connectivity index (χ3n) is 5.47. The number of aliphatic hydroxyl groups is 1. The van der Waals surface area contributed by atoms with E-state index >= 15 is 0 Å². The van der Waals surface area contributed by atoms with Crippen LogP contribution < -0.4 is 14.4 Å². The summed E-state index contributed by atoms with van der Waals surface area (Å²) in [4.78, 5) is 10.9. The number of alkyl halides is 7. The molecule has 1 N–H and O–H groups in total. The van der Waals surface area contributed by atoms with E-state index < -0.39 is 41.7 Å². The van der Waals surface area contributed by atoms with Gasteiger partial charge in [0.1, 0.15) is 18.1 Å². The number of benzene rings is 3. The second kappa shape index (κ2) is 11.4. The van der Waals surface area contributed by atoms with Crippen LogP contribution in [0.25, 0.3) is 0 Å². The third kappa shape index (κ3) is 7.28. The highest BCUT2D eigenvalue weighted by atomic mass is 19.4. The van der Waals surface area contributed by atoms with Crippen molar-refractivity contribution in [2.24, 2.45) is 0 Å². The summed E-state index contributed by atoms with van der Waals surface area (Å²) < 4.78 is 103. The molecule has 0 aliphatic rings. The van der Waals surface area contributed by atoms with E-state index in [1.807, 2.05) is 0 Å². The van der Waals surface area contributed by atoms with Crippen LogP contribution in [0.1, 0.15) is 18.1 Å². The van der Waals surface area contributed by atoms with Crippen LogP contribution in [0.2, 0.25) is 0 Å². The fourth-order valence-corrected chi connectivity index (χ4v) is 3.41. The molecule has 0 amide bonds. The highest BCUT2D eigenvalue weighted by Crippen LogP contribution is 2.39. The quantitative estimate of drug-likeness (QED) is 0.121. The molecule has 0 radical (unpaired) electrons. The maximum atomic E-state index is 13.9.